The van der Waals surface area contributed by atoms with Crippen LogP contribution in [-0.2, 0) is 6.54 Å². The molecule has 0 fully saturated rings. The molecule has 0 aromatic heterocycles. The molecule has 0 aliphatic rings. The van der Waals surface area contributed by atoms with Gasteiger partial charge in [-0.3, -0.25) is 0 Å². The summed E-state index contributed by atoms with van der Waals surface area (Å²) in [6.45, 7) is 7.47. The molecule has 0 heterocycles. The van der Waals surface area contributed by atoms with Gasteiger partial charge in [-0.05, 0) is 37.5 Å². The molecule has 0 aliphatic carbocycles. The van der Waals surface area contributed by atoms with Gasteiger partial charge >= 0.3 is 0 Å². The highest BCUT2D eigenvalue weighted by Crippen LogP contribution is 2.16. The minimum absolute atomic E-state index is 0.585. The third-order valence-corrected chi connectivity index (χ3v) is 3.79. The monoisotopic (exact) mass is 267 g/mol. The van der Waals surface area contributed by atoms with Gasteiger partial charge in [-0.2, -0.15) is 0 Å². The zero-order chi connectivity index (χ0) is 13.4. The molecule has 1 unspecified atom stereocenters. The summed E-state index contributed by atoms with van der Waals surface area (Å²) in [4.78, 5) is 0. The van der Waals surface area contributed by atoms with Crippen molar-refractivity contribution < 1.29 is 0 Å². The second kappa shape index (κ2) is 8.55. The van der Waals surface area contributed by atoms with Gasteiger partial charge in [-0.15, -0.1) is 0 Å². The Morgan fingerprint density at radius 1 is 1.22 bits per heavy atom. The van der Waals surface area contributed by atoms with E-state index in [0.29, 0.717) is 6.04 Å². The SMILES string of the molecule is CCCCCCC(C)NCc1ccc(C)c(Cl)c1. The lowest BCUT2D eigenvalue weighted by molar-refractivity contribution is 0.482. The summed E-state index contributed by atoms with van der Waals surface area (Å²) in [6.07, 6.45) is 6.62. The van der Waals surface area contributed by atoms with Crippen LogP contribution in [0.25, 0.3) is 0 Å². The summed E-state index contributed by atoms with van der Waals surface area (Å²) in [5, 5.41) is 4.43. The lowest BCUT2D eigenvalue weighted by Gasteiger charge is -2.14. The quantitative estimate of drug-likeness (QED) is 0.647. The topological polar surface area (TPSA) is 12.0 Å². The van der Waals surface area contributed by atoms with Crippen LogP contribution >= 0.6 is 11.6 Å². The van der Waals surface area contributed by atoms with Gasteiger partial charge in [-0.1, -0.05) is 56.3 Å². The van der Waals surface area contributed by atoms with E-state index in [-0.39, 0.29) is 0 Å². The maximum Gasteiger partial charge on any atom is 0.0438 e. The normalized spacial score (nSPS) is 12.7. The average molecular weight is 268 g/mol. The van der Waals surface area contributed by atoms with E-state index in [1.54, 1.807) is 0 Å². The van der Waals surface area contributed by atoms with E-state index in [1.165, 1.54) is 37.7 Å². The number of aryl methyl sites for hydroxylation is 1. The highest BCUT2D eigenvalue weighted by molar-refractivity contribution is 6.31. The lowest BCUT2D eigenvalue weighted by atomic mass is 10.1. The van der Waals surface area contributed by atoms with Crippen molar-refractivity contribution in [2.75, 3.05) is 0 Å². The molecular formula is C16H26ClN. The van der Waals surface area contributed by atoms with Gasteiger partial charge in [0.25, 0.3) is 0 Å². The molecule has 18 heavy (non-hydrogen) atoms. The molecule has 1 aromatic carbocycles. The molecule has 1 N–H and O–H groups in total. The summed E-state index contributed by atoms with van der Waals surface area (Å²) >= 11 is 6.12. The van der Waals surface area contributed by atoms with Gasteiger partial charge in [0.1, 0.15) is 0 Å². The lowest BCUT2D eigenvalue weighted by Crippen LogP contribution is -2.25. The molecule has 0 spiro atoms. The molecule has 0 saturated carbocycles. The van der Waals surface area contributed by atoms with Crippen molar-refractivity contribution in [2.24, 2.45) is 0 Å². The van der Waals surface area contributed by atoms with Crippen LogP contribution in [0.3, 0.4) is 0 Å². The highest BCUT2D eigenvalue weighted by atomic mass is 35.5. The molecule has 0 radical (unpaired) electrons. The number of halogens is 1. The number of benzene rings is 1. The maximum absolute atomic E-state index is 6.12. The van der Waals surface area contributed by atoms with Crippen LogP contribution in [0.5, 0.6) is 0 Å². The predicted octanol–water partition coefficient (Wildman–Crippen LogP) is 5.10. The number of nitrogens with one attached hydrogen (secondary N) is 1. The fourth-order valence-electron chi connectivity index (χ4n) is 2.02. The zero-order valence-corrected chi connectivity index (χ0v) is 12.7. The average Bonchev–Trinajstić information content (AvgIpc) is 2.36. The van der Waals surface area contributed by atoms with Crippen molar-refractivity contribution in [3.05, 3.63) is 34.3 Å². The molecule has 1 rings (SSSR count). The van der Waals surface area contributed by atoms with Crippen molar-refractivity contribution in [1.29, 1.82) is 0 Å². The van der Waals surface area contributed by atoms with Crippen LogP contribution in [-0.4, -0.2) is 6.04 Å². The number of hydrogen-bond donors (Lipinski definition) is 1. The van der Waals surface area contributed by atoms with Crippen LogP contribution in [0.4, 0.5) is 0 Å². The van der Waals surface area contributed by atoms with Gasteiger partial charge < -0.3 is 5.32 Å². The molecule has 0 bridgehead atoms. The van der Waals surface area contributed by atoms with E-state index in [4.69, 9.17) is 11.6 Å². The first-order chi connectivity index (χ1) is 8.63. The first kappa shape index (κ1) is 15.5. The molecule has 102 valence electrons. The minimum atomic E-state index is 0.585. The molecule has 1 nitrogen and oxygen atoms in total. The van der Waals surface area contributed by atoms with E-state index in [1.807, 2.05) is 6.92 Å². The Morgan fingerprint density at radius 3 is 2.67 bits per heavy atom. The summed E-state index contributed by atoms with van der Waals surface area (Å²) in [5.41, 5.74) is 2.42. The Balaban J connectivity index is 2.24. The van der Waals surface area contributed by atoms with Crippen LogP contribution in [0, 0.1) is 6.92 Å². The number of unbranched alkanes of at least 4 members (excludes halogenated alkanes) is 3. The number of rotatable bonds is 8. The van der Waals surface area contributed by atoms with Crippen molar-refractivity contribution in [3.8, 4) is 0 Å². The summed E-state index contributed by atoms with van der Waals surface area (Å²) in [5.74, 6) is 0. The van der Waals surface area contributed by atoms with E-state index >= 15 is 0 Å². The molecule has 0 aliphatic heterocycles. The Morgan fingerprint density at radius 2 is 2.00 bits per heavy atom. The Bertz CT molecular complexity index is 349. The summed E-state index contributed by atoms with van der Waals surface area (Å²) in [7, 11) is 0. The standard InChI is InChI=1S/C16H26ClN/c1-4-5-6-7-8-14(3)18-12-15-10-9-13(2)16(17)11-15/h9-11,14,18H,4-8,12H2,1-3H3. The Labute approximate surface area is 117 Å². The Kier molecular flexibility index (Phi) is 7.38. The maximum atomic E-state index is 6.12. The van der Waals surface area contributed by atoms with Gasteiger partial charge in [0, 0.05) is 17.6 Å². The third-order valence-electron chi connectivity index (χ3n) is 3.38. The first-order valence-corrected chi connectivity index (χ1v) is 7.49. The van der Waals surface area contributed by atoms with Crippen molar-refractivity contribution >= 4 is 11.6 Å². The van der Waals surface area contributed by atoms with Gasteiger partial charge in [0.05, 0.1) is 0 Å². The second-order valence-electron chi connectivity index (χ2n) is 5.21. The first-order valence-electron chi connectivity index (χ1n) is 7.12. The number of hydrogen-bond acceptors (Lipinski definition) is 1. The van der Waals surface area contributed by atoms with Gasteiger partial charge in [-0.25, -0.2) is 0 Å². The van der Waals surface area contributed by atoms with E-state index < -0.39 is 0 Å². The summed E-state index contributed by atoms with van der Waals surface area (Å²) < 4.78 is 0. The minimum Gasteiger partial charge on any atom is -0.310 e. The molecule has 1 aromatic rings. The fraction of sp³-hybridized carbons (Fsp3) is 0.625. The smallest absolute Gasteiger partial charge is 0.0438 e. The molecule has 2 heteroatoms. The van der Waals surface area contributed by atoms with Crippen LogP contribution in [0.1, 0.15) is 57.1 Å². The van der Waals surface area contributed by atoms with Crippen LogP contribution in [0.2, 0.25) is 5.02 Å². The fourth-order valence-corrected chi connectivity index (χ4v) is 2.22. The van der Waals surface area contributed by atoms with Crippen molar-refractivity contribution in [2.45, 2.75) is 65.5 Å². The zero-order valence-electron chi connectivity index (χ0n) is 11.9. The second-order valence-corrected chi connectivity index (χ2v) is 5.62. The largest absolute Gasteiger partial charge is 0.310 e. The molecular weight excluding hydrogens is 242 g/mol. The van der Waals surface area contributed by atoms with Crippen molar-refractivity contribution in [1.82, 2.24) is 5.32 Å². The molecule has 0 amide bonds. The van der Waals surface area contributed by atoms with Crippen molar-refractivity contribution in [3.63, 3.8) is 0 Å². The molecule has 0 saturated heterocycles. The Hall–Kier alpha value is -0.530. The summed E-state index contributed by atoms with van der Waals surface area (Å²) in [6, 6.07) is 6.89. The van der Waals surface area contributed by atoms with Gasteiger partial charge in [0.15, 0.2) is 0 Å². The van der Waals surface area contributed by atoms with Gasteiger partial charge in [0.2, 0.25) is 0 Å². The third kappa shape index (κ3) is 5.88. The van der Waals surface area contributed by atoms with Crippen LogP contribution in [0.15, 0.2) is 18.2 Å². The van der Waals surface area contributed by atoms with E-state index in [2.05, 4.69) is 37.4 Å². The molecule has 1 atom stereocenters. The van der Waals surface area contributed by atoms with Crippen LogP contribution < -0.4 is 5.32 Å². The predicted molar refractivity (Wildman–Crippen MR) is 81.2 cm³/mol. The highest BCUT2D eigenvalue weighted by Gasteiger charge is 2.02. The van der Waals surface area contributed by atoms with E-state index in [0.717, 1.165) is 17.1 Å². The van der Waals surface area contributed by atoms with E-state index in [9.17, 15) is 0 Å².